The maximum atomic E-state index is 5.67. The summed E-state index contributed by atoms with van der Waals surface area (Å²) in [5, 5.41) is 3.55. The van der Waals surface area contributed by atoms with Crippen molar-refractivity contribution in [1.82, 2.24) is 10.2 Å². The van der Waals surface area contributed by atoms with Crippen molar-refractivity contribution in [3.8, 4) is 0 Å². The van der Waals surface area contributed by atoms with Gasteiger partial charge in [-0.2, -0.15) is 0 Å². The van der Waals surface area contributed by atoms with Crippen LogP contribution in [0.25, 0.3) is 0 Å². The summed E-state index contributed by atoms with van der Waals surface area (Å²) in [5.41, 5.74) is 0. The maximum Gasteiger partial charge on any atom is 0.0593 e. The fourth-order valence-corrected chi connectivity index (χ4v) is 2.12. The van der Waals surface area contributed by atoms with Crippen molar-refractivity contribution >= 4 is 0 Å². The number of rotatable bonds is 11. The van der Waals surface area contributed by atoms with Crippen LogP contribution < -0.4 is 5.32 Å². The molecule has 1 unspecified atom stereocenters. The van der Waals surface area contributed by atoms with Crippen molar-refractivity contribution in [2.75, 3.05) is 39.9 Å². The van der Waals surface area contributed by atoms with E-state index in [-0.39, 0.29) is 0 Å². The predicted octanol–water partition coefficient (Wildman–Crippen LogP) is 2.12. The molecule has 0 radical (unpaired) electrons. The molecule has 0 saturated heterocycles. The van der Waals surface area contributed by atoms with Crippen LogP contribution in [0.4, 0.5) is 0 Å². The molecule has 0 aromatic rings. The quantitative estimate of drug-likeness (QED) is 0.562. The molecule has 0 aromatic carbocycles. The second kappa shape index (κ2) is 8.90. The molecule has 1 atom stereocenters. The normalized spacial score (nSPS) is 17.6. The standard InChI is InChI=1S/C14H30N2O/c1-4-6-14(15-5-2)11-16(3)9-10-17-12-13-7-8-13/h13-15H,4-12H2,1-3H3. The average molecular weight is 242 g/mol. The Balaban J connectivity index is 2.01. The van der Waals surface area contributed by atoms with Crippen molar-refractivity contribution in [1.29, 1.82) is 0 Å². The highest BCUT2D eigenvalue weighted by molar-refractivity contribution is 4.72. The Bertz CT molecular complexity index is 177. The molecule has 0 bridgehead atoms. The average Bonchev–Trinajstić information content (AvgIpc) is 3.09. The summed E-state index contributed by atoms with van der Waals surface area (Å²) in [6, 6.07) is 0.637. The van der Waals surface area contributed by atoms with Gasteiger partial charge in [0.05, 0.1) is 6.61 Å². The topological polar surface area (TPSA) is 24.5 Å². The zero-order valence-corrected chi connectivity index (χ0v) is 11.9. The molecule has 17 heavy (non-hydrogen) atoms. The Morgan fingerprint density at radius 3 is 2.71 bits per heavy atom. The van der Waals surface area contributed by atoms with E-state index in [1.165, 1.54) is 25.7 Å². The molecule has 3 heteroatoms. The van der Waals surface area contributed by atoms with Gasteiger partial charge in [0, 0.05) is 25.7 Å². The second-order valence-corrected chi connectivity index (χ2v) is 5.32. The van der Waals surface area contributed by atoms with E-state index >= 15 is 0 Å². The fraction of sp³-hybridized carbons (Fsp3) is 1.00. The molecule has 0 aliphatic heterocycles. The van der Waals surface area contributed by atoms with E-state index in [1.54, 1.807) is 0 Å². The van der Waals surface area contributed by atoms with Crippen LogP contribution in [0.5, 0.6) is 0 Å². The highest BCUT2D eigenvalue weighted by Crippen LogP contribution is 2.28. The van der Waals surface area contributed by atoms with Gasteiger partial charge in [0.25, 0.3) is 0 Å². The third-order valence-electron chi connectivity index (χ3n) is 3.33. The Morgan fingerprint density at radius 2 is 2.12 bits per heavy atom. The van der Waals surface area contributed by atoms with Gasteiger partial charge in [-0.3, -0.25) is 0 Å². The summed E-state index contributed by atoms with van der Waals surface area (Å²) in [6.07, 6.45) is 5.29. The molecule has 1 N–H and O–H groups in total. The van der Waals surface area contributed by atoms with Crippen molar-refractivity contribution in [2.45, 2.75) is 45.6 Å². The summed E-state index contributed by atoms with van der Waals surface area (Å²) in [6.45, 7) is 9.56. The summed E-state index contributed by atoms with van der Waals surface area (Å²) in [5.74, 6) is 0.884. The smallest absolute Gasteiger partial charge is 0.0593 e. The fourth-order valence-electron chi connectivity index (χ4n) is 2.12. The predicted molar refractivity (Wildman–Crippen MR) is 73.4 cm³/mol. The third kappa shape index (κ3) is 7.74. The molecule has 1 aliphatic carbocycles. The lowest BCUT2D eigenvalue weighted by Crippen LogP contribution is -2.40. The molecule has 102 valence electrons. The number of ether oxygens (including phenoxy) is 1. The van der Waals surface area contributed by atoms with Gasteiger partial charge in [-0.1, -0.05) is 20.3 Å². The Hall–Kier alpha value is -0.120. The van der Waals surface area contributed by atoms with Crippen LogP contribution in [0, 0.1) is 5.92 Å². The summed E-state index contributed by atoms with van der Waals surface area (Å²) in [4.78, 5) is 2.38. The van der Waals surface area contributed by atoms with E-state index in [4.69, 9.17) is 4.74 Å². The molecule has 1 aliphatic rings. The van der Waals surface area contributed by atoms with Gasteiger partial charge in [-0.05, 0) is 38.8 Å². The van der Waals surface area contributed by atoms with E-state index in [1.807, 2.05) is 0 Å². The second-order valence-electron chi connectivity index (χ2n) is 5.32. The van der Waals surface area contributed by atoms with Gasteiger partial charge in [0.1, 0.15) is 0 Å². The minimum atomic E-state index is 0.637. The lowest BCUT2D eigenvalue weighted by atomic mass is 10.1. The molecule has 0 aromatic heterocycles. The summed E-state index contributed by atoms with van der Waals surface area (Å²) < 4.78 is 5.67. The first-order valence-corrected chi connectivity index (χ1v) is 7.25. The largest absolute Gasteiger partial charge is 0.380 e. The van der Waals surface area contributed by atoms with Gasteiger partial charge in [-0.25, -0.2) is 0 Å². The van der Waals surface area contributed by atoms with Crippen molar-refractivity contribution < 1.29 is 4.74 Å². The summed E-state index contributed by atoms with van der Waals surface area (Å²) in [7, 11) is 2.19. The number of nitrogens with one attached hydrogen (secondary N) is 1. The Morgan fingerprint density at radius 1 is 1.35 bits per heavy atom. The molecule has 1 rings (SSSR count). The number of hydrogen-bond acceptors (Lipinski definition) is 3. The van der Waals surface area contributed by atoms with Crippen molar-refractivity contribution in [3.05, 3.63) is 0 Å². The highest BCUT2D eigenvalue weighted by atomic mass is 16.5. The Labute approximate surface area is 107 Å². The van der Waals surface area contributed by atoms with Gasteiger partial charge in [-0.15, -0.1) is 0 Å². The zero-order chi connectivity index (χ0) is 12.5. The minimum absolute atomic E-state index is 0.637. The maximum absolute atomic E-state index is 5.67. The van der Waals surface area contributed by atoms with Crippen LogP contribution in [-0.4, -0.2) is 50.8 Å². The molecule has 1 fully saturated rings. The molecular weight excluding hydrogens is 212 g/mol. The van der Waals surface area contributed by atoms with E-state index in [0.29, 0.717) is 6.04 Å². The van der Waals surface area contributed by atoms with Crippen LogP contribution in [0.2, 0.25) is 0 Å². The lowest BCUT2D eigenvalue weighted by Gasteiger charge is -2.24. The van der Waals surface area contributed by atoms with Crippen molar-refractivity contribution in [2.24, 2.45) is 5.92 Å². The van der Waals surface area contributed by atoms with Gasteiger partial charge < -0.3 is 15.0 Å². The first kappa shape index (κ1) is 14.9. The first-order chi connectivity index (χ1) is 8.26. The number of hydrogen-bond donors (Lipinski definition) is 1. The van der Waals surface area contributed by atoms with Crippen LogP contribution >= 0.6 is 0 Å². The van der Waals surface area contributed by atoms with Gasteiger partial charge in [0.15, 0.2) is 0 Å². The third-order valence-corrected chi connectivity index (χ3v) is 3.33. The van der Waals surface area contributed by atoms with Crippen LogP contribution in [-0.2, 0) is 4.74 Å². The first-order valence-electron chi connectivity index (χ1n) is 7.25. The molecule has 1 saturated carbocycles. The molecular formula is C14H30N2O. The molecule has 0 heterocycles. The van der Waals surface area contributed by atoms with E-state index in [9.17, 15) is 0 Å². The molecule has 3 nitrogen and oxygen atoms in total. The number of likely N-dealkylation sites (N-methyl/N-ethyl adjacent to an activating group) is 2. The van der Waals surface area contributed by atoms with Crippen LogP contribution in [0.3, 0.4) is 0 Å². The molecule has 0 amide bonds. The van der Waals surface area contributed by atoms with E-state index in [2.05, 4.69) is 31.1 Å². The van der Waals surface area contributed by atoms with Crippen LogP contribution in [0.1, 0.15) is 39.5 Å². The van der Waals surface area contributed by atoms with Gasteiger partial charge >= 0.3 is 0 Å². The lowest BCUT2D eigenvalue weighted by molar-refractivity contribution is 0.100. The minimum Gasteiger partial charge on any atom is -0.380 e. The number of nitrogens with zero attached hydrogens (tertiary/aromatic N) is 1. The van der Waals surface area contributed by atoms with Gasteiger partial charge in [0.2, 0.25) is 0 Å². The monoisotopic (exact) mass is 242 g/mol. The highest BCUT2D eigenvalue weighted by Gasteiger charge is 2.21. The molecule has 0 spiro atoms. The summed E-state index contributed by atoms with van der Waals surface area (Å²) >= 11 is 0. The SMILES string of the molecule is CCCC(CN(C)CCOCC1CC1)NCC. The Kier molecular flexibility index (Phi) is 7.82. The zero-order valence-electron chi connectivity index (χ0n) is 11.9. The van der Waals surface area contributed by atoms with Crippen molar-refractivity contribution in [3.63, 3.8) is 0 Å². The van der Waals surface area contributed by atoms with E-state index in [0.717, 1.165) is 38.8 Å². The van der Waals surface area contributed by atoms with Crippen LogP contribution in [0.15, 0.2) is 0 Å². The van der Waals surface area contributed by atoms with E-state index < -0.39 is 0 Å².